The second-order valence-electron chi connectivity index (χ2n) is 5.23. The van der Waals surface area contributed by atoms with Crippen molar-refractivity contribution < 1.29 is 4.79 Å². The molecule has 0 atom stereocenters. The third-order valence-corrected chi connectivity index (χ3v) is 3.99. The lowest BCUT2D eigenvalue weighted by atomic mass is 9.97. The van der Waals surface area contributed by atoms with Gasteiger partial charge >= 0.3 is 0 Å². The summed E-state index contributed by atoms with van der Waals surface area (Å²) in [5.74, 6) is 0.117. The van der Waals surface area contributed by atoms with Crippen LogP contribution in [0.5, 0.6) is 0 Å². The van der Waals surface area contributed by atoms with Gasteiger partial charge in [-0.25, -0.2) is 0 Å². The minimum Gasteiger partial charge on any atom is -0.294 e. The first-order chi connectivity index (χ1) is 10.1. The van der Waals surface area contributed by atoms with Gasteiger partial charge in [-0.3, -0.25) is 4.79 Å². The quantitative estimate of drug-likeness (QED) is 0.605. The second-order valence-corrected chi connectivity index (χ2v) is 5.63. The van der Waals surface area contributed by atoms with Gasteiger partial charge in [0.05, 0.1) is 0 Å². The molecule has 0 amide bonds. The highest BCUT2D eigenvalue weighted by molar-refractivity contribution is 6.36. The van der Waals surface area contributed by atoms with E-state index in [2.05, 4.69) is 0 Å². The fourth-order valence-electron chi connectivity index (χ4n) is 2.49. The SMILES string of the molecule is Cc1ccc(CC(=O)c2ccc(Cl)c3ccccc23)cc1. The second kappa shape index (κ2) is 5.71. The Hall–Kier alpha value is -2.12. The van der Waals surface area contributed by atoms with Crippen LogP contribution in [0, 0.1) is 6.92 Å². The highest BCUT2D eigenvalue weighted by Crippen LogP contribution is 2.27. The topological polar surface area (TPSA) is 17.1 Å². The van der Waals surface area contributed by atoms with Crippen molar-refractivity contribution in [2.24, 2.45) is 0 Å². The predicted octanol–water partition coefficient (Wildman–Crippen LogP) is 5.23. The van der Waals surface area contributed by atoms with Crippen LogP contribution in [0.15, 0.2) is 60.7 Å². The number of rotatable bonds is 3. The highest BCUT2D eigenvalue weighted by atomic mass is 35.5. The summed E-state index contributed by atoms with van der Waals surface area (Å²) in [5, 5.41) is 2.52. The average molecular weight is 295 g/mol. The standard InChI is InChI=1S/C19H15ClO/c1-13-6-8-14(9-7-13)12-19(21)17-10-11-18(20)16-5-3-2-4-15(16)17/h2-11H,12H2,1H3. The molecule has 0 aliphatic rings. The summed E-state index contributed by atoms with van der Waals surface area (Å²) in [7, 11) is 0. The average Bonchev–Trinajstić information content (AvgIpc) is 2.50. The molecular formula is C19H15ClO. The molecule has 0 bridgehead atoms. The maximum absolute atomic E-state index is 12.6. The lowest BCUT2D eigenvalue weighted by molar-refractivity contribution is 0.0994. The molecule has 0 aliphatic carbocycles. The maximum Gasteiger partial charge on any atom is 0.167 e. The van der Waals surface area contributed by atoms with Crippen molar-refractivity contribution in [1.82, 2.24) is 0 Å². The number of benzene rings is 3. The van der Waals surface area contributed by atoms with E-state index in [4.69, 9.17) is 11.6 Å². The Labute approximate surface area is 129 Å². The Morgan fingerprint density at radius 2 is 1.57 bits per heavy atom. The van der Waals surface area contributed by atoms with E-state index in [1.54, 1.807) is 6.07 Å². The summed E-state index contributed by atoms with van der Waals surface area (Å²) in [6, 6.07) is 19.4. The number of aryl methyl sites for hydroxylation is 1. The summed E-state index contributed by atoms with van der Waals surface area (Å²) in [6.45, 7) is 2.04. The van der Waals surface area contributed by atoms with Gasteiger partial charge in [0.15, 0.2) is 5.78 Å². The summed E-state index contributed by atoms with van der Waals surface area (Å²) in [4.78, 5) is 12.6. The summed E-state index contributed by atoms with van der Waals surface area (Å²) >= 11 is 6.20. The fourth-order valence-corrected chi connectivity index (χ4v) is 2.72. The molecule has 0 saturated heterocycles. The molecule has 0 radical (unpaired) electrons. The number of Topliss-reactive ketones (excluding diaryl/α,β-unsaturated/α-hetero) is 1. The Balaban J connectivity index is 1.98. The van der Waals surface area contributed by atoms with Gasteiger partial charge in [0.1, 0.15) is 0 Å². The first kappa shape index (κ1) is 13.8. The zero-order valence-corrected chi connectivity index (χ0v) is 12.5. The van der Waals surface area contributed by atoms with Crippen LogP contribution in [0.3, 0.4) is 0 Å². The molecule has 0 aromatic heterocycles. The predicted molar refractivity (Wildman–Crippen MR) is 88.2 cm³/mol. The molecule has 21 heavy (non-hydrogen) atoms. The van der Waals surface area contributed by atoms with Crippen molar-refractivity contribution in [3.05, 3.63) is 82.4 Å². The van der Waals surface area contributed by atoms with Crippen LogP contribution in [-0.4, -0.2) is 5.78 Å². The minimum atomic E-state index is 0.117. The largest absolute Gasteiger partial charge is 0.294 e. The van der Waals surface area contributed by atoms with Crippen molar-refractivity contribution >= 4 is 28.2 Å². The van der Waals surface area contributed by atoms with E-state index in [1.807, 2.05) is 61.5 Å². The van der Waals surface area contributed by atoms with Crippen LogP contribution in [0.1, 0.15) is 21.5 Å². The number of carbonyl (C=O) groups is 1. The smallest absolute Gasteiger partial charge is 0.167 e. The van der Waals surface area contributed by atoms with Gasteiger partial charge in [-0.2, -0.15) is 0 Å². The van der Waals surface area contributed by atoms with Crippen molar-refractivity contribution in [2.45, 2.75) is 13.3 Å². The van der Waals surface area contributed by atoms with Gasteiger partial charge in [-0.1, -0.05) is 65.7 Å². The van der Waals surface area contributed by atoms with E-state index >= 15 is 0 Å². The van der Waals surface area contributed by atoms with E-state index in [0.29, 0.717) is 11.4 Å². The summed E-state index contributed by atoms with van der Waals surface area (Å²) in [6.07, 6.45) is 0.409. The van der Waals surface area contributed by atoms with Crippen LogP contribution >= 0.6 is 11.6 Å². The van der Waals surface area contributed by atoms with Gasteiger partial charge in [-0.05, 0) is 30.0 Å². The fraction of sp³-hybridized carbons (Fsp3) is 0.105. The Morgan fingerprint density at radius 1 is 0.905 bits per heavy atom. The molecular weight excluding hydrogens is 280 g/mol. The van der Waals surface area contributed by atoms with E-state index < -0.39 is 0 Å². The van der Waals surface area contributed by atoms with Crippen molar-refractivity contribution in [3.63, 3.8) is 0 Å². The molecule has 0 spiro atoms. The van der Waals surface area contributed by atoms with Crippen LogP contribution in [-0.2, 0) is 6.42 Å². The summed E-state index contributed by atoms with van der Waals surface area (Å²) in [5.41, 5.74) is 2.96. The van der Waals surface area contributed by atoms with Crippen molar-refractivity contribution in [1.29, 1.82) is 0 Å². The van der Waals surface area contributed by atoms with Crippen molar-refractivity contribution in [3.8, 4) is 0 Å². The number of fused-ring (bicyclic) bond motifs is 1. The number of carbonyl (C=O) groups excluding carboxylic acids is 1. The van der Waals surface area contributed by atoms with Gasteiger partial charge in [0.25, 0.3) is 0 Å². The molecule has 3 aromatic rings. The minimum absolute atomic E-state index is 0.117. The molecule has 0 fully saturated rings. The Bertz CT molecular complexity index is 803. The Kier molecular flexibility index (Phi) is 3.76. The summed E-state index contributed by atoms with van der Waals surface area (Å²) < 4.78 is 0. The molecule has 0 unspecified atom stereocenters. The first-order valence-corrected chi connectivity index (χ1v) is 7.29. The van der Waals surface area contributed by atoms with E-state index in [1.165, 1.54) is 5.56 Å². The van der Waals surface area contributed by atoms with Gasteiger partial charge < -0.3 is 0 Å². The number of hydrogen-bond donors (Lipinski definition) is 0. The van der Waals surface area contributed by atoms with Gasteiger partial charge in [0.2, 0.25) is 0 Å². The normalized spacial score (nSPS) is 10.8. The molecule has 0 saturated carbocycles. The molecule has 0 heterocycles. The van der Waals surface area contributed by atoms with Crippen LogP contribution in [0.4, 0.5) is 0 Å². The van der Waals surface area contributed by atoms with Crippen LogP contribution in [0.2, 0.25) is 5.02 Å². The third-order valence-electron chi connectivity index (χ3n) is 3.66. The molecule has 3 aromatic carbocycles. The third kappa shape index (κ3) is 2.84. The molecule has 0 N–H and O–H groups in total. The zero-order chi connectivity index (χ0) is 14.8. The lowest BCUT2D eigenvalue weighted by Gasteiger charge is -2.08. The van der Waals surface area contributed by atoms with Crippen LogP contribution in [0.25, 0.3) is 10.8 Å². The lowest BCUT2D eigenvalue weighted by Crippen LogP contribution is -2.04. The van der Waals surface area contributed by atoms with E-state index in [-0.39, 0.29) is 5.78 Å². The number of ketones is 1. The number of hydrogen-bond acceptors (Lipinski definition) is 1. The maximum atomic E-state index is 12.6. The zero-order valence-electron chi connectivity index (χ0n) is 11.8. The van der Waals surface area contributed by atoms with E-state index in [0.717, 1.165) is 21.9 Å². The Morgan fingerprint density at radius 3 is 2.29 bits per heavy atom. The monoisotopic (exact) mass is 294 g/mol. The molecule has 0 aliphatic heterocycles. The molecule has 3 rings (SSSR count). The number of halogens is 1. The molecule has 1 nitrogen and oxygen atoms in total. The molecule has 104 valence electrons. The van der Waals surface area contributed by atoms with Crippen LogP contribution < -0.4 is 0 Å². The molecule has 2 heteroatoms. The van der Waals surface area contributed by atoms with E-state index in [9.17, 15) is 4.79 Å². The van der Waals surface area contributed by atoms with Gasteiger partial charge in [-0.15, -0.1) is 0 Å². The van der Waals surface area contributed by atoms with Gasteiger partial charge in [0, 0.05) is 22.4 Å². The first-order valence-electron chi connectivity index (χ1n) is 6.91. The van der Waals surface area contributed by atoms with Crippen molar-refractivity contribution in [2.75, 3.05) is 0 Å². The highest BCUT2D eigenvalue weighted by Gasteiger charge is 2.12.